The van der Waals surface area contributed by atoms with Crippen molar-refractivity contribution < 1.29 is 22.6 Å². The summed E-state index contributed by atoms with van der Waals surface area (Å²) < 4.78 is 49.6. The van der Waals surface area contributed by atoms with E-state index in [0.717, 1.165) is 30.7 Å². The lowest BCUT2D eigenvalue weighted by Crippen LogP contribution is -2.19. The van der Waals surface area contributed by atoms with Crippen molar-refractivity contribution in [3.05, 3.63) is 41.7 Å². The largest absolute Gasteiger partial charge is 0.486 e. The number of anilines is 1. The molecule has 0 unspecified atom stereocenters. The van der Waals surface area contributed by atoms with Crippen LogP contribution in [0.2, 0.25) is 0 Å². The summed E-state index contributed by atoms with van der Waals surface area (Å²) in [4.78, 5) is 7.54. The number of halogens is 3. The first kappa shape index (κ1) is 16.0. The van der Waals surface area contributed by atoms with Gasteiger partial charge in [-0.25, -0.2) is 9.97 Å². The van der Waals surface area contributed by atoms with E-state index in [9.17, 15) is 13.2 Å². The van der Waals surface area contributed by atoms with Crippen LogP contribution in [0, 0.1) is 5.92 Å². The first-order valence-electron chi connectivity index (χ1n) is 8.07. The zero-order chi connectivity index (χ0) is 17.4. The summed E-state index contributed by atoms with van der Waals surface area (Å²) in [5.74, 6) is 1.64. The van der Waals surface area contributed by atoms with E-state index in [4.69, 9.17) is 9.47 Å². The Balaban J connectivity index is 1.60. The van der Waals surface area contributed by atoms with Crippen molar-refractivity contribution in [1.82, 2.24) is 9.97 Å². The van der Waals surface area contributed by atoms with Gasteiger partial charge in [0, 0.05) is 6.20 Å². The van der Waals surface area contributed by atoms with E-state index in [1.807, 2.05) is 18.2 Å². The zero-order valence-corrected chi connectivity index (χ0v) is 13.2. The summed E-state index contributed by atoms with van der Waals surface area (Å²) in [5.41, 5.74) is -0.0329. The van der Waals surface area contributed by atoms with Crippen molar-refractivity contribution in [1.29, 1.82) is 0 Å². The fraction of sp³-hybridized carbons (Fsp3) is 0.412. The van der Waals surface area contributed by atoms with E-state index in [1.165, 1.54) is 0 Å². The van der Waals surface area contributed by atoms with Gasteiger partial charge in [-0.15, -0.1) is 0 Å². The number of nitrogens with one attached hydrogen (secondary N) is 1. The second-order valence-electron chi connectivity index (χ2n) is 6.13. The number of rotatable bonds is 4. The molecule has 0 saturated heterocycles. The molecule has 1 aliphatic carbocycles. The number of hydrogen-bond donors (Lipinski definition) is 1. The van der Waals surface area contributed by atoms with Crippen LogP contribution < -0.4 is 14.8 Å². The minimum Gasteiger partial charge on any atom is -0.486 e. The van der Waals surface area contributed by atoms with Gasteiger partial charge >= 0.3 is 6.18 Å². The second kappa shape index (κ2) is 6.09. The minimum atomic E-state index is -4.49. The molecule has 1 aromatic carbocycles. The van der Waals surface area contributed by atoms with Crippen LogP contribution in [0.1, 0.15) is 30.1 Å². The Hall–Kier alpha value is -2.51. The van der Waals surface area contributed by atoms with Crippen LogP contribution in [0.5, 0.6) is 11.5 Å². The van der Waals surface area contributed by atoms with E-state index in [2.05, 4.69) is 15.3 Å². The van der Waals surface area contributed by atoms with Crippen LogP contribution in [-0.2, 0) is 6.18 Å². The molecule has 8 heteroatoms. The van der Waals surface area contributed by atoms with Crippen molar-refractivity contribution in [3.63, 3.8) is 0 Å². The topological polar surface area (TPSA) is 56.3 Å². The van der Waals surface area contributed by atoms with E-state index in [1.54, 1.807) is 0 Å². The summed E-state index contributed by atoms with van der Waals surface area (Å²) in [6.07, 6.45) is -1.37. The van der Waals surface area contributed by atoms with E-state index >= 15 is 0 Å². The first-order chi connectivity index (χ1) is 12.0. The Morgan fingerprint density at radius 3 is 2.56 bits per heavy atom. The predicted octanol–water partition coefficient (Wildman–Crippen LogP) is 3.83. The second-order valence-corrected chi connectivity index (χ2v) is 6.13. The third-order valence-electron chi connectivity index (χ3n) is 4.25. The Bertz CT molecular complexity index is 778. The lowest BCUT2D eigenvalue weighted by atomic mass is 10.0. The number of hydrogen-bond acceptors (Lipinski definition) is 5. The molecule has 5 nitrogen and oxygen atoms in total. The van der Waals surface area contributed by atoms with Crippen LogP contribution in [0.4, 0.5) is 19.1 Å². The van der Waals surface area contributed by atoms with Crippen molar-refractivity contribution in [2.45, 2.75) is 25.1 Å². The molecule has 132 valence electrons. The smallest absolute Gasteiger partial charge is 0.433 e. The highest BCUT2D eigenvalue weighted by molar-refractivity contribution is 5.46. The van der Waals surface area contributed by atoms with Crippen molar-refractivity contribution in [3.8, 4) is 11.5 Å². The zero-order valence-electron chi connectivity index (χ0n) is 13.2. The van der Waals surface area contributed by atoms with Gasteiger partial charge in [0.05, 0.1) is 6.04 Å². The molecule has 1 N–H and O–H groups in total. The quantitative estimate of drug-likeness (QED) is 0.907. The van der Waals surface area contributed by atoms with Gasteiger partial charge in [-0.05, 0) is 42.5 Å². The van der Waals surface area contributed by atoms with Gasteiger partial charge in [0.1, 0.15) is 18.9 Å². The van der Waals surface area contributed by atoms with Crippen LogP contribution in [0.3, 0.4) is 0 Å². The van der Waals surface area contributed by atoms with E-state index < -0.39 is 11.9 Å². The van der Waals surface area contributed by atoms with Gasteiger partial charge in [0.15, 0.2) is 11.5 Å². The van der Waals surface area contributed by atoms with Gasteiger partial charge in [-0.2, -0.15) is 13.2 Å². The molecule has 1 aromatic heterocycles. The van der Waals surface area contributed by atoms with Gasteiger partial charge in [-0.3, -0.25) is 0 Å². The molecule has 2 aliphatic rings. The molecule has 0 bridgehead atoms. The predicted molar refractivity (Wildman–Crippen MR) is 83.6 cm³/mol. The summed E-state index contributed by atoms with van der Waals surface area (Å²) in [5, 5.41) is 3.06. The molecule has 1 atom stereocenters. The molecule has 0 amide bonds. The van der Waals surface area contributed by atoms with Gasteiger partial charge in [0.25, 0.3) is 0 Å². The highest BCUT2D eigenvalue weighted by atomic mass is 19.4. The summed E-state index contributed by atoms with van der Waals surface area (Å²) >= 11 is 0. The van der Waals surface area contributed by atoms with Crippen molar-refractivity contribution in [2.75, 3.05) is 18.5 Å². The van der Waals surface area contributed by atoms with E-state index in [0.29, 0.717) is 30.6 Å². The number of benzene rings is 1. The SMILES string of the molecule is FC(F)(F)c1ccnc(N[C@H](c2ccc3c(c2)OCCO3)C2CC2)n1. The standard InChI is InChI=1S/C17H16F3N3O2/c18-17(19,20)14-5-6-21-16(22-14)23-15(10-1-2-10)11-3-4-12-13(9-11)25-8-7-24-12/h3-6,9-10,15H,1-2,7-8H2,(H,21,22,23)/t15-/m0/s1. The Labute approximate surface area is 142 Å². The summed E-state index contributed by atoms with van der Waals surface area (Å²) in [7, 11) is 0. The molecule has 0 radical (unpaired) electrons. The maximum Gasteiger partial charge on any atom is 0.433 e. The molecule has 4 rings (SSSR count). The molecule has 1 saturated carbocycles. The highest BCUT2D eigenvalue weighted by Crippen LogP contribution is 2.44. The van der Waals surface area contributed by atoms with Crippen LogP contribution in [0.15, 0.2) is 30.5 Å². The lowest BCUT2D eigenvalue weighted by Gasteiger charge is -2.23. The molecule has 0 spiro atoms. The van der Waals surface area contributed by atoms with E-state index in [-0.39, 0.29) is 12.0 Å². The third kappa shape index (κ3) is 3.47. The molecular weight excluding hydrogens is 335 g/mol. The van der Waals surface area contributed by atoms with Crippen LogP contribution in [0.25, 0.3) is 0 Å². The maximum absolute atomic E-state index is 12.8. The first-order valence-corrected chi connectivity index (χ1v) is 8.07. The number of alkyl halides is 3. The average molecular weight is 351 g/mol. The number of nitrogens with zero attached hydrogens (tertiary/aromatic N) is 2. The normalized spacial score (nSPS) is 17.9. The highest BCUT2D eigenvalue weighted by Gasteiger charge is 2.35. The van der Waals surface area contributed by atoms with Gasteiger partial charge in [-0.1, -0.05) is 6.07 Å². The van der Waals surface area contributed by atoms with Crippen molar-refractivity contribution >= 4 is 5.95 Å². The molecule has 2 aromatic rings. The number of fused-ring (bicyclic) bond motifs is 1. The molecule has 2 heterocycles. The van der Waals surface area contributed by atoms with Crippen LogP contribution in [-0.4, -0.2) is 23.2 Å². The molecule has 1 aliphatic heterocycles. The summed E-state index contributed by atoms with van der Waals surface area (Å²) in [6.45, 7) is 0.990. The monoisotopic (exact) mass is 351 g/mol. The fourth-order valence-electron chi connectivity index (χ4n) is 2.88. The van der Waals surface area contributed by atoms with Gasteiger partial charge < -0.3 is 14.8 Å². The lowest BCUT2D eigenvalue weighted by molar-refractivity contribution is -0.141. The maximum atomic E-state index is 12.8. The van der Waals surface area contributed by atoms with Gasteiger partial charge in [0.2, 0.25) is 5.95 Å². The summed E-state index contributed by atoms with van der Waals surface area (Å²) in [6, 6.07) is 6.30. The molecule has 25 heavy (non-hydrogen) atoms. The Morgan fingerprint density at radius 1 is 1.08 bits per heavy atom. The fourth-order valence-corrected chi connectivity index (χ4v) is 2.88. The van der Waals surface area contributed by atoms with Crippen LogP contribution >= 0.6 is 0 Å². The number of aromatic nitrogens is 2. The molecular formula is C17H16F3N3O2. The minimum absolute atomic E-state index is 0.0263. The Morgan fingerprint density at radius 2 is 1.84 bits per heavy atom. The van der Waals surface area contributed by atoms with Crippen molar-refractivity contribution in [2.24, 2.45) is 5.92 Å². The molecule has 1 fully saturated rings. The number of ether oxygens (including phenoxy) is 2. The third-order valence-corrected chi connectivity index (χ3v) is 4.25. The average Bonchev–Trinajstić information content (AvgIpc) is 3.44. The Kier molecular flexibility index (Phi) is 3.89.